The molecular weight excluding hydrogens is 375 g/mol. The summed E-state index contributed by atoms with van der Waals surface area (Å²) >= 11 is 3.40. The summed E-state index contributed by atoms with van der Waals surface area (Å²) in [6.45, 7) is 8.91. The SMILES string of the molecule is CCNC(=NCc1cc(F)ccc1Br)NCCC(=O)N(CC)CC. The minimum absolute atomic E-state index is 0.122. The van der Waals surface area contributed by atoms with E-state index in [9.17, 15) is 9.18 Å². The Morgan fingerprint density at radius 2 is 1.96 bits per heavy atom. The standard InChI is InChI=1S/C17H26BrFN4O/c1-4-20-17(21-10-9-16(24)23(5-2)6-3)22-12-13-11-14(19)7-8-15(13)18/h7-8,11H,4-6,9-10,12H2,1-3H3,(H2,20,21,22). The molecule has 1 rings (SSSR count). The van der Waals surface area contributed by atoms with E-state index in [4.69, 9.17) is 0 Å². The Morgan fingerprint density at radius 3 is 2.58 bits per heavy atom. The molecule has 134 valence electrons. The molecule has 7 heteroatoms. The number of aliphatic imine (C=N–C) groups is 1. The molecule has 0 aliphatic heterocycles. The maximum Gasteiger partial charge on any atom is 0.224 e. The van der Waals surface area contributed by atoms with Gasteiger partial charge in [-0.3, -0.25) is 4.79 Å². The molecule has 5 nitrogen and oxygen atoms in total. The first-order chi connectivity index (χ1) is 11.5. The molecule has 0 fully saturated rings. The van der Waals surface area contributed by atoms with Crippen LogP contribution in [0.5, 0.6) is 0 Å². The van der Waals surface area contributed by atoms with Crippen LogP contribution in [0.2, 0.25) is 0 Å². The Balaban J connectivity index is 2.60. The minimum atomic E-state index is -0.286. The van der Waals surface area contributed by atoms with Crippen molar-refractivity contribution in [1.82, 2.24) is 15.5 Å². The first-order valence-corrected chi connectivity index (χ1v) is 9.04. The van der Waals surface area contributed by atoms with Crippen LogP contribution in [0.25, 0.3) is 0 Å². The van der Waals surface area contributed by atoms with Gasteiger partial charge in [0.1, 0.15) is 5.82 Å². The van der Waals surface area contributed by atoms with Crippen molar-refractivity contribution < 1.29 is 9.18 Å². The highest BCUT2D eigenvalue weighted by Gasteiger charge is 2.09. The zero-order valence-corrected chi connectivity index (χ0v) is 16.1. The molecule has 0 radical (unpaired) electrons. The smallest absolute Gasteiger partial charge is 0.224 e. The number of halogens is 2. The van der Waals surface area contributed by atoms with Crippen LogP contribution in [0.15, 0.2) is 27.7 Å². The van der Waals surface area contributed by atoms with Crippen molar-refractivity contribution in [2.45, 2.75) is 33.7 Å². The number of carbonyl (C=O) groups excluding carboxylic acids is 1. The Kier molecular flexibility index (Phi) is 9.37. The molecule has 1 amide bonds. The minimum Gasteiger partial charge on any atom is -0.357 e. The van der Waals surface area contributed by atoms with Crippen LogP contribution in [0.1, 0.15) is 32.8 Å². The van der Waals surface area contributed by atoms with Crippen LogP contribution in [-0.2, 0) is 11.3 Å². The molecule has 0 aromatic heterocycles. The Morgan fingerprint density at radius 1 is 1.25 bits per heavy atom. The zero-order chi connectivity index (χ0) is 17.9. The first kappa shape index (κ1) is 20.4. The predicted molar refractivity (Wildman–Crippen MR) is 99.5 cm³/mol. The zero-order valence-electron chi connectivity index (χ0n) is 14.5. The first-order valence-electron chi connectivity index (χ1n) is 8.25. The molecule has 24 heavy (non-hydrogen) atoms. The van der Waals surface area contributed by atoms with Gasteiger partial charge in [0.05, 0.1) is 6.54 Å². The molecule has 0 unspecified atom stereocenters. The van der Waals surface area contributed by atoms with Crippen LogP contribution in [0, 0.1) is 5.82 Å². The van der Waals surface area contributed by atoms with Gasteiger partial charge in [-0.2, -0.15) is 0 Å². The average Bonchev–Trinajstić information content (AvgIpc) is 2.56. The summed E-state index contributed by atoms with van der Waals surface area (Å²) in [6.07, 6.45) is 0.412. The van der Waals surface area contributed by atoms with E-state index < -0.39 is 0 Å². The van der Waals surface area contributed by atoms with Crippen LogP contribution < -0.4 is 10.6 Å². The number of hydrogen-bond acceptors (Lipinski definition) is 2. The Bertz CT molecular complexity index is 562. The van der Waals surface area contributed by atoms with E-state index in [1.807, 2.05) is 20.8 Å². The third-order valence-corrected chi connectivity index (χ3v) is 4.28. The quantitative estimate of drug-likeness (QED) is 0.520. The van der Waals surface area contributed by atoms with E-state index in [1.165, 1.54) is 12.1 Å². The highest BCUT2D eigenvalue weighted by molar-refractivity contribution is 9.10. The summed E-state index contributed by atoms with van der Waals surface area (Å²) in [4.78, 5) is 18.2. The van der Waals surface area contributed by atoms with Gasteiger partial charge in [-0.25, -0.2) is 9.38 Å². The number of rotatable bonds is 8. The Hall–Kier alpha value is -1.63. The number of nitrogens with one attached hydrogen (secondary N) is 2. The van der Waals surface area contributed by atoms with E-state index in [2.05, 4.69) is 31.6 Å². The summed E-state index contributed by atoms with van der Waals surface area (Å²) < 4.78 is 14.1. The van der Waals surface area contributed by atoms with Crippen molar-refractivity contribution in [3.8, 4) is 0 Å². The molecular formula is C17H26BrFN4O. The van der Waals surface area contributed by atoms with Gasteiger partial charge in [0.25, 0.3) is 0 Å². The number of benzene rings is 1. The second-order valence-electron chi connectivity index (χ2n) is 5.17. The molecule has 0 spiro atoms. The monoisotopic (exact) mass is 400 g/mol. The van der Waals surface area contributed by atoms with Gasteiger partial charge in [-0.1, -0.05) is 15.9 Å². The number of amides is 1. The second-order valence-corrected chi connectivity index (χ2v) is 6.03. The molecule has 0 bridgehead atoms. The summed E-state index contributed by atoms with van der Waals surface area (Å²) in [5.74, 6) is 0.448. The lowest BCUT2D eigenvalue weighted by molar-refractivity contribution is -0.130. The second kappa shape index (κ2) is 11.0. The summed E-state index contributed by atoms with van der Waals surface area (Å²) in [5.41, 5.74) is 0.770. The van der Waals surface area contributed by atoms with Gasteiger partial charge in [-0.05, 0) is 44.5 Å². The maximum atomic E-state index is 13.3. The van der Waals surface area contributed by atoms with Gasteiger partial charge >= 0.3 is 0 Å². The van der Waals surface area contributed by atoms with Gasteiger partial charge < -0.3 is 15.5 Å². The van der Waals surface area contributed by atoms with Crippen molar-refractivity contribution in [3.05, 3.63) is 34.1 Å². The van der Waals surface area contributed by atoms with Gasteiger partial charge in [-0.15, -0.1) is 0 Å². The van der Waals surface area contributed by atoms with E-state index in [0.717, 1.165) is 23.1 Å². The lowest BCUT2D eigenvalue weighted by Crippen LogP contribution is -2.40. The fraction of sp³-hybridized carbons (Fsp3) is 0.529. The van der Waals surface area contributed by atoms with Crippen molar-refractivity contribution in [1.29, 1.82) is 0 Å². The fourth-order valence-corrected chi connectivity index (χ4v) is 2.56. The molecule has 0 atom stereocenters. The number of hydrogen-bond donors (Lipinski definition) is 2. The van der Waals surface area contributed by atoms with Gasteiger partial charge in [0, 0.05) is 37.1 Å². The maximum absolute atomic E-state index is 13.3. The highest BCUT2D eigenvalue weighted by atomic mass is 79.9. The number of carbonyl (C=O) groups is 1. The molecule has 1 aromatic rings. The summed E-state index contributed by atoms with van der Waals surface area (Å²) in [7, 11) is 0. The van der Waals surface area contributed by atoms with Crippen molar-refractivity contribution in [2.75, 3.05) is 26.2 Å². The fourth-order valence-electron chi connectivity index (χ4n) is 2.19. The highest BCUT2D eigenvalue weighted by Crippen LogP contribution is 2.18. The normalized spacial score (nSPS) is 11.3. The van der Waals surface area contributed by atoms with Crippen LogP contribution >= 0.6 is 15.9 Å². The Labute approximate surface area is 151 Å². The molecule has 0 saturated heterocycles. The van der Waals surface area contributed by atoms with Crippen LogP contribution in [-0.4, -0.2) is 42.9 Å². The molecule has 0 aliphatic carbocycles. The topological polar surface area (TPSA) is 56.7 Å². The number of guanidine groups is 1. The third kappa shape index (κ3) is 6.86. The van der Waals surface area contributed by atoms with E-state index in [-0.39, 0.29) is 11.7 Å². The summed E-state index contributed by atoms with van der Waals surface area (Å²) in [5, 5.41) is 6.26. The average molecular weight is 401 g/mol. The van der Waals surface area contributed by atoms with Gasteiger partial charge in [0.2, 0.25) is 5.91 Å². The van der Waals surface area contributed by atoms with Crippen LogP contribution in [0.3, 0.4) is 0 Å². The lowest BCUT2D eigenvalue weighted by Gasteiger charge is -2.19. The van der Waals surface area contributed by atoms with Crippen molar-refractivity contribution in [2.24, 2.45) is 4.99 Å². The lowest BCUT2D eigenvalue weighted by atomic mass is 10.2. The molecule has 0 aliphatic rings. The number of nitrogens with zero attached hydrogens (tertiary/aromatic N) is 2. The van der Waals surface area contributed by atoms with Crippen LogP contribution in [0.4, 0.5) is 4.39 Å². The molecule has 1 aromatic carbocycles. The van der Waals surface area contributed by atoms with E-state index >= 15 is 0 Å². The van der Waals surface area contributed by atoms with E-state index in [1.54, 1.807) is 11.0 Å². The molecule has 0 saturated carbocycles. The van der Waals surface area contributed by atoms with Crippen molar-refractivity contribution in [3.63, 3.8) is 0 Å². The molecule has 0 heterocycles. The van der Waals surface area contributed by atoms with E-state index in [0.29, 0.717) is 32.0 Å². The third-order valence-electron chi connectivity index (χ3n) is 3.51. The van der Waals surface area contributed by atoms with Gasteiger partial charge in [0.15, 0.2) is 5.96 Å². The predicted octanol–water partition coefficient (Wildman–Crippen LogP) is 2.90. The largest absolute Gasteiger partial charge is 0.357 e. The van der Waals surface area contributed by atoms with Crippen molar-refractivity contribution >= 4 is 27.8 Å². The molecule has 2 N–H and O–H groups in total. The summed E-state index contributed by atoms with van der Waals surface area (Å²) in [6, 6.07) is 4.53.